The van der Waals surface area contributed by atoms with Crippen LogP contribution in [-0.4, -0.2) is 143 Å². The van der Waals surface area contributed by atoms with Crippen LogP contribution in [0.2, 0.25) is 0 Å². The Bertz CT molecular complexity index is 5100. The molecule has 0 aliphatic heterocycles. The van der Waals surface area contributed by atoms with Gasteiger partial charge in [-0.05, 0) is 185 Å². The summed E-state index contributed by atoms with van der Waals surface area (Å²) >= 11 is 0. The predicted molar refractivity (Wildman–Crippen MR) is 374 cm³/mol. The molecule has 0 saturated carbocycles. The van der Waals surface area contributed by atoms with Crippen LogP contribution in [0.15, 0.2) is 200 Å². The van der Waals surface area contributed by atoms with E-state index in [1.54, 1.807) is 16.8 Å². The molecule has 0 radical (unpaired) electrons. The largest absolute Gasteiger partial charge is 0.494 e. The van der Waals surface area contributed by atoms with E-state index in [1.165, 1.54) is 0 Å². The Morgan fingerprint density at radius 3 is 1.28 bits per heavy atom. The van der Waals surface area contributed by atoms with Crippen molar-refractivity contribution < 1.29 is 19.1 Å². The summed E-state index contributed by atoms with van der Waals surface area (Å²) in [5.41, 5.74) is 18.3. The fourth-order valence-corrected chi connectivity index (χ4v) is 11.4. The highest BCUT2D eigenvalue weighted by Crippen LogP contribution is 2.33. The highest BCUT2D eigenvalue weighted by atomic mass is 16.5. The van der Waals surface area contributed by atoms with Gasteiger partial charge in [-0.3, -0.25) is 19.1 Å². The lowest BCUT2D eigenvalue weighted by molar-refractivity contribution is 0.0943. The molecular formula is C75H68N16O4. The van der Waals surface area contributed by atoms with Crippen LogP contribution in [0.5, 0.6) is 5.75 Å². The topological polar surface area (TPSA) is 248 Å². The van der Waals surface area contributed by atoms with Crippen LogP contribution in [0.1, 0.15) is 43.9 Å². The summed E-state index contributed by atoms with van der Waals surface area (Å²) in [5, 5.41) is 17.8. The average Bonchev–Trinajstić information content (AvgIpc) is 1.67. The standard InChI is InChI=1S/C75H68N16O4/c1-89(2)36-7-39-95-59-28-22-49(23-29-59)72-82-63-33-27-56(44-67(63)86-72)55-25-31-60-64(42-55)83-69(79-60)46-10-16-50(17-11-46)73(92)76-34-6-37-91-45-68(87-88-91)57-8-5-9-58(40-57)78-75(94)52-20-14-48(15-21-52)71-81-62-32-26-54(43-66(62)85-71)53-24-30-61-65(41-53)84-70(80-61)47-12-18-51(19-13-47)74(93)77-35-38-90(3)4/h5,8-33,40-45H,6-7,34-39H2,1-4H3,(H,76,92)(H,77,93)(H,78,94)(H,79,83)(H,80,84)(H,81,85)(H,82,86). The number of ether oxygens (including phenoxy) is 1. The van der Waals surface area contributed by atoms with E-state index in [0.29, 0.717) is 72.4 Å². The lowest BCUT2D eigenvalue weighted by atomic mass is 10.0. The second-order valence-electron chi connectivity index (χ2n) is 24.1. The van der Waals surface area contributed by atoms with Gasteiger partial charge in [0.15, 0.2) is 0 Å². The van der Waals surface area contributed by atoms with Gasteiger partial charge in [-0.1, -0.05) is 78.0 Å². The molecule has 20 heteroatoms. The van der Waals surface area contributed by atoms with Crippen molar-refractivity contribution in [1.29, 1.82) is 0 Å². The number of hydrogen-bond acceptors (Lipinski definition) is 12. The van der Waals surface area contributed by atoms with Gasteiger partial charge >= 0.3 is 0 Å². The van der Waals surface area contributed by atoms with Crippen molar-refractivity contribution in [1.82, 2.24) is 75.3 Å². The zero-order valence-electron chi connectivity index (χ0n) is 52.9. The third kappa shape index (κ3) is 13.8. The molecule has 0 spiro atoms. The molecule has 5 aromatic heterocycles. The fraction of sp³-hybridized carbons (Fsp3) is 0.160. The molecule has 0 saturated heterocycles. The SMILES string of the molecule is CN(C)CCCOc1ccc(-c2nc3cc(-c4ccc5[nH]c(-c6ccc(C(=O)NCCCn7cc(-c8cccc(NC(=O)c9ccc(-c%10nc%11cc(-c%12ccc%13[nH]c(-c%14ccc(C(=O)NCCN(C)C)cc%14)nc%13c%12)ccc%11[nH]%10)cc9)c8)nn7)cc6)nc5c4)ccc3[nH]2)cc1. The first-order valence-electron chi connectivity index (χ1n) is 31.6. The van der Waals surface area contributed by atoms with Crippen LogP contribution < -0.4 is 20.7 Å². The van der Waals surface area contributed by atoms with Crippen molar-refractivity contribution in [2.75, 3.05) is 66.3 Å². The number of rotatable bonds is 23. The Morgan fingerprint density at radius 1 is 0.432 bits per heavy atom. The Hall–Kier alpha value is -11.9. The van der Waals surface area contributed by atoms with Crippen LogP contribution in [0.3, 0.4) is 0 Å². The highest BCUT2D eigenvalue weighted by Gasteiger charge is 2.17. The van der Waals surface area contributed by atoms with Crippen molar-refractivity contribution in [3.05, 3.63) is 217 Å². The Balaban J connectivity index is 0.538. The number of carbonyl (C=O) groups excluding carboxylic acids is 3. The Morgan fingerprint density at radius 2 is 0.842 bits per heavy atom. The summed E-state index contributed by atoms with van der Waals surface area (Å²) in [5.74, 6) is 3.23. The van der Waals surface area contributed by atoms with E-state index < -0.39 is 0 Å². The summed E-state index contributed by atoms with van der Waals surface area (Å²) in [6.45, 7) is 3.98. The molecule has 0 unspecified atom stereocenters. The lowest BCUT2D eigenvalue weighted by Crippen LogP contribution is -2.31. The van der Waals surface area contributed by atoms with Crippen molar-refractivity contribution in [3.8, 4) is 84.8 Å². The number of fused-ring (bicyclic) bond motifs is 4. The molecular weight excluding hydrogens is 1190 g/mol. The van der Waals surface area contributed by atoms with Gasteiger partial charge in [0.1, 0.15) is 34.7 Å². The molecule has 0 fully saturated rings. The van der Waals surface area contributed by atoms with Crippen molar-refractivity contribution in [2.45, 2.75) is 19.4 Å². The van der Waals surface area contributed by atoms with E-state index in [2.05, 4.69) is 120 Å². The quantitative estimate of drug-likeness (QED) is 0.0296. The lowest BCUT2D eigenvalue weighted by Gasteiger charge is -2.10. The molecule has 14 rings (SSSR count). The van der Waals surface area contributed by atoms with E-state index in [4.69, 9.17) is 24.7 Å². The van der Waals surface area contributed by atoms with Gasteiger partial charge in [-0.25, -0.2) is 19.9 Å². The number of anilines is 1. The number of likely N-dealkylation sites (N-methyl/N-ethyl adjacent to an activating group) is 1. The van der Waals surface area contributed by atoms with Gasteiger partial charge in [0.2, 0.25) is 0 Å². The molecule has 95 heavy (non-hydrogen) atoms. The van der Waals surface area contributed by atoms with Gasteiger partial charge in [0.05, 0.1) is 56.9 Å². The molecule has 20 nitrogen and oxygen atoms in total. The number of benzene rings is 9. The summed E-state index contributed by atoms with van der Waals surface area (Å²) in [7, 11) is 8.07. The van der Waals surface area contributed by atoms with Gasteiger partial charge in [0.25, 0.3) is 17.7 Å². The fourth-order valence-electron chi connectivity index (χ4n) is 11.4. The van der Waals surface area contributed by atoms with Gasteiger partial charge in [-0.2, -0.15) is 0 Å². The minimum Gasteiger partial charge on any atom is -0.494 e. The molecule has 7 N–H and O–H groups in total. The molecule has 9 aromatic carbocycles. The number of aromatic amines is 4. The number of carbonyl (C=O) groups is 3. The van der Waals surface area contributed by atoms with Crippen LogP contribution in [0.25, 0.3) is 123 Å². The molecule has 0 aliphatic rings. The third-order valence-electron chi connectivity index (χ3n) is 16.7. The molecule has 3 amide bonds. The van der Waals surface area contributed by atoms with Crippen LogP contribution in [0.4, 0.5) is 5.69 Å². The highest BCUT2D eigenvalue weighted by molar-refractivity contribution is 6.05. The first kappa shape index (κ1) is 60.7. The first-order chi connectivity index (χ1) is 46.3. The molecule has 0 aliphatic carbocycles. The zero-order chi connectivity index (χ0) is 64.9. The van der Waals surface area contributed by atoms with Crippen LogP contribution in [0, 0.1) is 0 Å². The summed E-state index contributed by atoms with van der Waals surface area (Å²) in [6.07, 6.45) is 3.45. The Labute approximate surface area is 546 Å². The van der Waals surface area contributed by atoms with Gasteiger partial charge < -0.3 is 50.4 Å². The maximum Gasteiger partial charge on any atom is 0.255 e. The maximum absolute atomic E-state index is 13.6. The first-order valence-corrected chi connectivity index (χ1v) is 31.6. The van der Waals surface area contributed by atoms with Crippen molar-refractivity contribution >= 4 is 67.5 Å². The second kappa shape index (κ2) is 26.8. The molecule has 0 atom stereocenters. The maximum atomic E-state index is 13.6. The normalized spacial score (nSPS) is 11.6. The second-order valence-corrected chi connectivity index (χ2v) is 24.1. The Kier molecular flexibility index (Phi) is 17.1. The van der Waals surface area contributed by atoms with Crippen LogP contribution >= 0.6 is 0 Å². The summed E-state index contributed by atoms with van der Waals surface area (Å²) < 4.78 is 7.67. The van der Waals surface area contributed by atoms with E-state index in [1.807, 2.05) is 153 Å². The monoisotopic (exact) mass is 1260 g/mol. The van der Waals surface area contributed by atoms with Crippen molar-refractivity contribution in [3.63, 3.8) is 0 Å². The smallest absolute Gasteiger partial charge is 0.255 e. The van der Waals surface area contributed by atoms with Crippen molar-refractivity contribution in [2.24, 2.45) is 0 Å². The molecule has 472 valence electrons. The third-order valence-corrected chi connectivity index (χ3v) is 16.7. The van der Waals surface area contributed by atoms with E-state index in [9.17, 15) is 14.4 Å². The molecule has 0 bridgehead atoms. The van der Waals surface area contributed by atoms with E-state index in [-0.39, 0.29) is 17.7 Å². The predicted octanol–water partition coefficient (Wildman–Crippen LogP) is 13.1. The number of imidazole rings is 4. The average molecular weight is 1260 g/mol. The number of hydrogen-bond donors (Lipinski definition) is 7. The van der Waals surface area contributed by atoms with E-state index >= 15 is 0 Å². The number of nitrogens with one attached hydrogen (secondary N) is 7. The minimum atomic E-state index is -0.257. The number of nitrogens with zero attached hydrogens (tertiary/aromatic N) is 9. The van der Waals surface area contributed by atoms with Gasteiger partial charge in [-0.15, -0.1) is 5.10 Å². The number of amides is 3. The van der Waals surface area contributed by atoms with Crippen LogP contribution in [-0.2, 0) is 6.54 Å². The summed E-state index contributed by atoms with van der Waals surface area (Å²) in [4.78, 5) is 77.0. The summed E-state index contributed by atoms with van der Waals surface area (Å²) in [6, 6.07) is 62.5. The van der Waals surface area contributed by atoms with Gasteiger partial charge in [0, 0.05) is 82.9 Å². The zero-order valence-corrected chi connectivity index (χ0v) is 52.9. The number of aromatic nitrogens is 11. The minimum absolute atomic E-state index is 0.103. The molecule has 5 heterocycles. The number of H-pyrrole nitrogens is 4. The molecule has 14 aromatic rings. The number of aryl methyl sites for hydroxylation is 1. The van der Waals surface area contributed by atoms with E-state index in [0.717, 1.165) is 131 Å².